The molecule has 0 atom stereocenters. The van der Waals surface area contributed by atoms with Gasteiger partial charge >= 0.3 is 130 Å². The van der Waals surface area contributed by atoms with Gasteiger partial charge in [0.15, 0.2) is 5.60 Å². The molecule has 2 N–H and O–H groups in total. The molecule has 0 saturated carbocycles. The number of benzene rings is 3. The fourth-order valence-electron chi connectivity index (χ4n) is 3.55. The minimum Gasteiger partial charge on any atom is -0.441 e. The van der Waals surface area contributed by atoms with Gasteiger partial charge in [-0.3, -0.25) is 9.11 Å². The molecule has 3 aromatic rings. The first-order valence-corrected chi connectivity index (χ1v) is 11.6. The Balaban J connectivity index is 0.00000204. The van der Waals surface area contributed by atoms with Crippen LogP contribution in [0.5, 0.6) is 11.5 Å². The van der Waals surface area contributed by atoms with Crippen molar-refractivity contribution >= 4 is 26.8 Å². The van der Waals surface area contributed by atoms with Crippen LogP contribution in [0.25, 0.3) is 0 Å². The van der Waals surface area contributed by atoms with Crippen molar-refractivity contribution in [3.05, 3.63) is 95.1 Å². The van der Waals surface area contributed by atoms with Gasteiger partial charge in [-0.1, -0.05) is 42.5 Å². The summed E-state index contributed by atoms with van der Waals surface area (Å²) in [5.41, 5.74) is 0.186. The second-order valence-electron chi connectivity index (χ2n) is 6.69. The van der Waals surface area contributed by atoms with E-state index in [1.807, 2.05) is 0 Å². The topological polar surface area (TPSA) is 154 Å². The summed E-state index contributed by atoms with van der Waals surface area (Å²) in [6.45, 7) is 0. The number of ether oxygens (including phenoxy) is 1. The van der Waals surface area contributed by atoms with Crippen LogP contribution in [0, 0.1) is 0 Å². The van der Waals surface area contributed by atoms with Gasteiger partial charge in [0, 0.05) is 16.7 Å². The Morgan fingerprint density at radius 1 is 0.676 bits per heavy atom. The number of carbonyl (C=O) groups is 1. The van der Waals surface area contributed by atoms with Gasteiger partial charge < -0.3 is 13.1 Å². The predicted octanol–water partition coefficient (Wildman–Crippen LogP) is -3.48. The van der Waals surface area contributed by atoms with Crippen LogP contribution < -0.4 is 111 Å². The second kappa shape index (κ2) is 11.5. The summed E-state index contributed by atoms with van der Waals surface area (Å²) in [4.78, 5) is 12.6. The van der Waals surface area contributed by atoms with E-state index in [4.69, 9.17) is 13.8 Å². The van der Waals surface area contributed by atoms with Gasteiger partial charge in [-0.2, -0.15) is 16.8 Å². The van der Waals surface area contributed by atoms with Gasteiger partial charge in [-0.05, 0) is 30.3 Å². The van der Waals surface area contributed by atoms with E-state index in [1.165, 1.54) is 48.5 Å². The van der Waals surface area contributed by atoms with Crippen LogP contribution >= 0.6 is 0 Å². The predicted molar refractivity (Wildman–Crippen MR) is 109 cm³/mol. The molecule has 0 radical (unpaired) electrons. The molecule has 166 valence electrons. The monoisotopic (exact) mass is 556 g/mol. The molecule has 34 heavy (non-hydrogen) atoms. The van der Waals surface area contributed by atoms with E-state index in [1.54, 1.807) is 24.3 Å². The van der Waals surface area contributed by atoms with E-state index in [2.05, 4.69) is 8.37 Å². The Labute approximate surface area is 280 Å². The fourth-order valence-corrected chi connectivity index (χ4v) is 4.25. The maximum absolute atomic E-state index is 12.6. The summed E-state index contributed by atoms with van der Waals surface area (Å²) in [6.07, 6.45) is 0. The molecule has 0 saturated heterocycles. The van der Waals surface area contributed by atoms with Gasteiger partial charge in [-0.15, -0.1) is 0 Å². The Morgan fingerprint density at radius 2 is 1.09 bits per heavy atom. The van der Waals surface area contributed by atoms with Gasteiger partial charge in [0.2, 0.25) is 0 Å². The Morgan fingerprint density at radius 3 is 1.50 bits per heavy atom. The average Bonchev–Trinajstić information content (AvgIpc) is 3.01. The van der Waals surface area contributed by atoms with E-state index in [0.29, 0.717) is 22.3 Å². The summed E-state index contributed by atoms with van der Waals surface area (Å²) >= 11 is 0. The summed E-state index contributed by atoms with van der Waals surface area (Å²) in [7, 11) is -9.44. The SMILES string of the molecule is O=C1OC(c2ccc(OS(=O)(=O)O)cc2)(c2ccc(OS(=O)(=O)O)cc2)c2ccccc21.[K+].[K+]. The molecule has 0 aromatic heterocycles. The second-order valence-corrected chi connectivity index (χ2v) is 8.73. The molecule has 0 unspecified atom stereocenters. The Bertz CT molecular complexity index is 1330. The van der Waals surface area contributed by atoms with E-state index in [0.717, 1.165) is 0 Å². The summed E-state index contributed by atoms with van der Waals surface area (Å²) < 4.78 is 76.2. The first-order chi connectivity index (χ1) is 15.0. The number of carbonyl (C=O) groups excluding carboxylic acids is 1. The zero-order valence-corrected chi connectivity index (χ0v) is 25.8. The van der Waals surface area contributed by atoms with E-state index < -0.39 is 32.4 Å². The molecule has 1 aliphatic rings. The zero-order valence-electron chi connectivity index (χ0n) is 17.9. The van der Waals surface area contributed by atoms with Gasteiger partial charge in [0.05, 0.1) is 5.56 Å². The van der Waals surface area contributed by atoms with Gasteiger partial charge in [0.1, 0.15) is 11.5 Å². The minimum atomic E-state index is -4.72. The number of hydrogen-bond donors (Lipinski definition) is 2. The first kappa shape index (κ1) is 30.0. The molecule has 10 nitrogen and oxygen atoms in total. The van der Waals surface area contributed by atoms with Crippen LogP contribution in [0.4, 0.5) is 0 Å². The molecule has 0 amide bonds. The van der Waals surface area contributed by atoms with Gasteiger partial charge in [0.25, 0.3) is 0 Å². The van der Waals surface area contributed by atoms with Crippen LogP contribution in [0.1, 0.15) is 27.0 Å². The van der Waals surface area contributed by atoms with Crippen LogP contribution in [-0.2, 0) is 31.1 Å². The van der Waals surface area contributed by atoms with E-state index in [-0.39, 0.29) is 114 Å². The molecule has 0 spiro atoms. The van der Waals surface area contributed by atoms with Crippen molar-refractivity contribution in [1.82, 2.24) is 0 Å². The molecule has 1 heterocycles. The van der Waals surface area contributed by atoms with Crippen molar-refractivity contribution in [2.45, 2.75) is 5.60 Å². The number of esters is 1. The number of rotatable bonds is 6. The average molecular weight is 557 g/mol. The quantitative estimate of drug-likeness (QED) is 0.178. The minimum absolute atomic E-state index is 0. The van der Waals surface area contributed by atoms with Crippen molar-refractivity contribution in [1.29, 1.82) is 0 Å². The van der Waals surface area contributed by atoms with Crippen molar-refractivity contribution in [3.8, 4) is 11.5 Å². The molecule has 3 aromatic carbocycles. The summed E-state index contributed by atoms with van der Waals surface area (Å²) in [5, 5.41) is 0. The van der Waals surface area contributed by atoms with E-state index >= 15 is 0 Å². The maximum atomic E-state index is 12.6. The standard InChI is InChI=1S/C20H14O10S2.2K/c21-19-17-3-1-2-4-18(17)20(28-19,13-5-9-15(10-6-13)29-31(22,23)24)14-7-11-16(12-8-14)30-32(25,26)27;;/h1-12H,(H,22,23,24)(H,25,26,27);;/q;2*+1. The Kier molecular flexibility index (Phi) is 10.1. The molecular formula is C20H14K2O10S2+2. The normalized spacial score (nSPS) is 14.1. The third-order valence-electron chi connectivity index (χ3n) is 4.70. The van der Waals surface area contributed by atoms with Crippen molar-refractivity contribution in [2.75, 3.05) is 0 Å². The third-order valence-corrected chi connectivity index (χ3v) is 5.50. The van der Waals surface area contributed by atoms with E-state index in [9.17, 15) is 21.6 Å². The number of hydrogen-bond acceptors (Lipinski definition) is 8. The summed E-state index contributed by atoms with van der Waals surface area (Å²) in [6, 6.07) is 17.6. The van der Waals surface area contributed by atoms with Crippen LogP contribution in [0.2, 0.25) is 0 Å². The molecule has 0 fully saturated rings. The molecule has 14 heteroatoms. The molecule has 4 rings (SSSR count). The largest absolute Gasteiger partial charge is 1.00 e. The Hall–Kier alpha value is -0.177. The van der Waals surface area contributed by atoms with Crippen molar-refractivity contribution in [2.24, 2.45) is 0 Å². The van der Waals surface area contributed by atoms with Crippen molar-refractivity contribution in [3.63, 3.8) is 0 Å². The zero-order chi connectivity index (χ0) is 23.1. The van der Waals surface area contributed by atoms with Crippen LogP contribution in [-0.4, -0.2) is 31.9 Å². The third kappa shape index (κ3) is 6.57. The van der Waals surface area contributed by atoms with Gasteiger partial charge in [-0.25, -0.2) is 4.79 Å². The number of fused-ring (bicyclic) bond motifs is 1. The van der Waals surface area contributed by atoms with Crippen LogP contribution in [0.15, 0.2) is 72.8 Å². The molecule has 1 aliphatic heterocycles. The van der Waals surface area contributed by atoms with Crippen molar-refractivity contribution < 1.29 is 147 Å². The maximum Gasteiger partial charge on any atom is 1.00 e. The summed E-state index contributed by atoms with van der Waals surface area (Å²) in [5.74, 6) is -0.932. The first-order valence-electron chi connectivity index (χ1n) is 8.86. The molecule has 0 aliphatic carbocycles. The van der Waals surface area contributed by atoms with Crippen LogP contribution in [0.3, 0.4) is 0 Å². The fraction of sp³-hybridized carbons (Fsp3) is 0.0500. The number of cyclic esters (lactones) is 1. The molecule has 0 bridgehead atoms. The smallest absolute Gasteiger partial charge is 0.441 e. The molecular weight excluding hydrogens is 543 g/mol.